The zero-order valence-corrected chi connectivity index (χ0v) is 17.5. The second-order valence-corrected chi connectivity index (χ2v) is 7.17. The monoisotopic (exact) mass is 404 g/mol. The minimum atomic E-state index is -0.877. The second-order valence-electron chi connectivity index (χ2n) is 7.17. The van der Waals surface area contributed by atoms with E-state index in [1.54, 1.807) is 17.0 Å². The van der Waals surface area contributed by atoms with Gasteiger partial charge in [-0.1, -0.05) is 0 Å². The van der Waals surface area contributed by atoms with Gasteiger partial charge in [0.2, 0.25) is 11.8 Å². The number of anilines is 1. The summed E-state index contributed by atoms with van der Waals surface area (Å²) in [6.07, 6.45) is 0. The zero-order chi connectivity index (χ0) is 21.7. The van der Waals surface area contributed by atoms with Crippen molar-refractivity contribution in [3.8, 4) is 0 Å². The first-order chi connectivity index (χ1) is 13.6. The van der Waals surface area contributed by atoms with Crippen LogP contribution in [-0.4, -0.2) is 86.4 Å². The van der Waals surface area contributed by atoms with Crippen molar-refractivity contribution in [3.63, 3.8) is 0 Å². The number of carbonyl (C=O) groups excluding carboxylic acids is 4. The summed E-state index contributed by atoms with van der Waals surface area (Å²) in [5, 5.41) is 2.55. The molecule has 1 fully saturated rings. The first kappa shape index (κ1) is 22.2. The third-order valence-corrected chi connectivity index (χ3v) is 4.92. The molecule has 1 aromatic carbocycles. The van der Waals surface area contributed by atoms with E-state index < -0.39 is 24.0 Å². The van der Waals surface area contributed by atoms with E-state index in [0.29, 0.717) is 12.1 Å². The molecule has 0 unspecified atom stereocenters. The van der Waals surface area contributed by atoms with Crippen LogP contribution in [0.4, 0.5) is 5.69 Å². The van der Waals surface area contributed by atoms with Crippen LogP contribution in [0.25, 0.3) is 0 Å². The predicted molar refractivity (Wildman–Crippen MR) is 107 cm³/mol. The number of nitrogens with one attached hydrogen (secondary N) is 1. The summed E-state index contributed by atoms with van der Waals surface area (Å²) in [5.74, 6) is -1.56. The Balaban J connectivity index is 2.15. The van der Waals surface area contributed by atoms with Crippen molar-refractivity contribution in [2.24, 2.45) is 0 Å². The number of carbonyl (C=O) groups is 4. The van der Waals surface area contributed by atoms with Gasteiger partial charge in [-0.05, 0) is 31.2 Å². The van der Waals surface area contributed by atoms with Gasteiger partial charge in [0.25, 0.3) is 5.91 Å². The minimum Gasteiger partial charge on any atom is -0.467 e. The van der Waals surface area contributed by atoms with Crippen molar-refractivity contribution in [2.75, 3.05) is 45.7 Å². The topological polar surface area (TPSA) is 99.3 Å². The molecule has 1 heterocycles. The van der Waals surface area contributed by atoms with E-state index in [1.807, 2.05) is 31.1 Å². The first-order valence-electron chi connectivity index (χ1n) is 9.37. The van der Waals surface area contributed by atoms with Crippen LogP contribution < -0.4 is 10.2 Å². The zero-order valence-electron chi connectivity index (χ0n) is 17.5. The summed E-state index contributed by atoms with van der Waals surface area (Å²) >= 11 is 0. The summed E-state index contributed by atoms with van der Waals surface area (Å²) in [7, 11) is 5.06. The molecule has 2 rings (SSSR count). The first-order valence-corrected chi connectivity index (χ1v) is 9.37. The molecule has 1 N–H and O–H groups in total. The van der Waals surface area contributed by atoms with Gasteiger partial charge in [0.1, 0.15) is 12.1 Å². The number of nitrogens with zero attached hydrogens (tertiary/aromatic N) is 3. The van der Waals surface area contributed by atoms with Crippen LogP contribution in [0.15, 0.2) is 24.3 Å². The third kappa shape index (κ3) is 5.24. The van der Waals surface area contributed by atoms with E-state index in [0.717, 1.165) is 5.69 Å². The number of amides is 3. The quantitative estimate of drug-likeness (QED) is 0.699. The van der Waals surface area contributed by atoms with Crippen molar-refractivity contribution in [2.45, 2.75) is 25.9 Å². The highest BCUT2D eigenvalue weighted by atomic mass is 16.5. The largest absolute Gasteiger partial charge is 0.467 e. The SMILES string of the molecule is COC(=O)[C@@H](C)NC(=O)[C@@H]1CN(C(=O)c2ccc(N(C)C)cc2)CCN1C(C)=O. The van der Waals surface area contributed by atoms with Gasteiger partial charge in [-0.15, -0.1) is 0 Å². The highest BCUT2D eigenvalue weighted by Gasteiger charge is 2.37. The van der Waals surface area contributed by atoms with Crippen molar-refractivity contribution < 1.29 is 23.9 Å². The molecule has 3 amide bonds. The van der Waals surface area contributed by atoms with Crippen LogP contribution in [0.2, 0.25) is 0 Å². The maximum atomic E-state index is 12.9. The van der Waals surface area contributed by atoms with Gasteiger partial charge in [0, 0.05) is 45.4 Å². The lowest BCUT2D eigenvalue weighted by atomic mass is 10.1. The lowest BCUT2D eigenvalue weighted by molar-refractivity contribution is -0.147. The van der Waals surface area contributed by atoms with E-state index in [1.165, 1.54) is 25.9 Å². The Morgan fingerprint density at radius 3 is 2.28 bits per heavy atom. The number of esters is 1. The summed E-state index contributed by atoms with van der Waals surface area (Å²) in [5.41, 5.74) is 1.48. The van der Waals surface area contributed by atoms with Crippen molar-refractivity contribution in [1.82, 2.24) is 15.1 Å². The number of rotatable bonds is 5. The molecule has 1 aliphatic rings. The minimum absolute atomic E-state index is 0.0492. The number of hydrogen-bond donors (Lipinski definition) is 1. The van der Waals surface area contributed by atoms with Gasteiger partial charge in [-0.2, -0.15) is 0 Å². The van der Waals surface area contributed by atoms with Crippen LogP contribution in [0.3, 0.4) is 0 Å². The number of hydrogen-bond acceptors (Lipinski definition) is 6. The highest BCUT2D eigenvalue weighted by Crippen LogP contribution is 2.17. The van der Waals surface area contributed by atoms with Crippen LogP contribution >= 0.6 is 0 Å². The summed E-state index contributed by atoms with van der Waals surface area (Å²) in [6, 6.07) is 5.44. The average Bonchev–Trinajstić information content (AvgIpc) is 2.71. The molecule has 0 aromatic heterocycles. The van der Waals surface area contributed by atoms with E-state index in [4.69, 9.17) is 0 Å². The Morgan fingerprint density at radius 1 is 1.14 bits per heavy atom. The maximum Gasteiger partial charge on any atom is 0.328 e. The lowest BCUT2D eigenvalue weighted by Crippen LogP contribution is -2.62. The molecule has 0 saturated carbocycles. The fraction of sp³-hybridized carbons (Fsp3) is 0.500. The molecule has 0 radical (unpaired) electrons. The molecule has 1 aliphatic heterocycles. The smallest absolute Gasteiger partial charge is 0.328 e. The van der Waals surface area contributed by atoms with E-state index in [9.17, 15) is 19.2 Å². The lowest BCUT2D eigenvalue weighted by Gasteiger charge is -2.40. The molecule has 0 bridgehead atoms. The Labute approximate surface area is 170 Å². The van der Waals surface area contributed by atoms with E-state index in [2.05, 4.69) is 10.1 Å². The molecular formula is C20H28N4O5. The Bertz CT molecular complexity index is 778. The average molecular weight is 404 g/mol. The fourth-order valence-electron chi connectivity index (χ4n) is 3.20. The normalized spacial score (nSPS) is 17.3. The summed E-state index contributed by atoms with van der Waals surface area (Å²) in [6.45, 7) is 3.49. The fourth-order valence-corrected chi connectivity index (χ4v) is 3.20. The highest BCUT2D eigenvalue weighted by molar-refractivity contribution is 5.96. The Morgan fingerprint density at radius 2 is 1.76 bits per heavy atom. The predicted octanol–water partition coefficient (Wildman–Crippen LogP) is 0.103. The molecular weight excluding hydrogens is 376 g/mol. The molecule has 0 spiro atoms. The van der Waals surface area contributed by atoms with Crippen molar-refractivity contribution >= 4 is 29.4 Å². The van der Waals surface area contributed by atoms with Crippen molar-refractivity contribution in [3.05, 3.63) is 29.8 Å². The second kappa shape index (κ2) is 9.40. The van der Waals surface area contributed by atoms with Gasteiger partial charge in [0.05, 0.1) is 13.7 Å². The molecule has 1 aromatic rings. The van der Waals surface area contributed by atoms with Gasteiger partial charge in [0.15, 0.2) is 0 Å². The maximum absolute atomic E-state index is 12.9. The van der Waals surface area contributed by atoms with Gasteiger partial charge in [-0.3, -0.25) is 14.4 Å². The van der Waals surface area contributed by atoms with Gasteiger partial charge in [-0.25, -0.2) is 4.79 Å². The van der Waals surface area contributed by atoms with Crippen molar-refractivity contribution in [1.29, 1.82) is 0 Å². The summed E-state index contributed by atoms with van der Waals surface area (Å²) in [4.78, 5) is 54.1. The number of ether oxygens (including phenoxy) is 1. The van der Waals surface area contributed by atoms with Gasteiger partial charge >= 0.3 is 5.97 Å². The van der Waals surface area contributed by atoms with Crippen LogP contribution in [0.1, 0.15) is 24.2 Å². The molecule has 1 saturated heterocycles. The van der Waals surface area contributed by atoms with E-state index >= 15 is 0 Å². The van der Waals surface area contributed by atoms with Crippen LogP contribution in [-0.2, 0) is 19.1 Å². The molecule has 2 atom stereocenters. The number of methoxy groups -OCH3 is 1. The van der Waals surface area contributed by atoms with Crippen LogP contribution in [0, 0.1) is 0 Å². The summed E-state index contributed by atoms with van der Waals surface area (Å²) < 4.78 is 4.62. The molecule has 9 heteroatoms. The standard InChI is InChI=1S/C20H28N4O5/c1-13(20(28)29-5)21-18(26)17-12-23(10-11-24(17)14(2)25)19(27)15-6-8-16(9-7-15)22(3)4/h6-9,13,17H,10-12H2,1-5H3,(H,21,26)/t13-,17+/m1/s1. The number of benzene rings is 1. The molecule has 29 heavy (non-hydrogen) atoms. The molecule has 9 nitrogen and oxygen atoms in total. The Hall–Kier alpha value is -3.10. The number of piperazine rings is 1. The molecule has 0 aliphatic carbocycles. The van der Waals surface area contributed by atoms with E-state index in [-0.39, 0.29) is 24.9 Å². The van der Waals surface area contributed by atoms with Crippen LogP contribution in [0.5, 0.6) is 0 Å². The molecule has 158 valence electrons. The Kier molecular flexibility index (Phi) is 7.19. The third-order valence-electron chi connectivity index (χ3n) is 4.92. The van der Waals surface area contributed by atoms with Gasteiger partial charge < -0.3 is 24.8 Å².